The molecule has 0 saturated carbocycles. The Hall–Kier alpha value is -0.770. The largest absolute Gasteiger partial charge is 0.444 e. The van der Waals surface area contributed by atoms with Gasteiger partial charge in [-0.05, 0) is 33.6 Å². The highest BCUT2D eigenvalue weighted by Crippen LogP contribution is 2.06. The molecule has 15 heavy (non-hydrogen) atoms. The zero-order valence-corrected chi connectivity index (χ0v) is 9.97. The Morgan fingerprint density at radius 1 is 1.13 bits per heavy atom. The quantitative estimate of drug-likeness (QED) is 0.693. The van der Waals surface area contributed by atoms with Crippen molar-refractivity contribution in [3.05, 3.63) is 0 Å². The van der Waals surface area contributed by atoms with Crippen LogP contribution in [0, 0.1) is 0 Å². The van der Waals surface area contributed by atoms with E-state index in [1.165, 1.54) is 0 Å². The van der Waals surface area contributed by atoms with Crippen molar-refractivity contribution < 1.29 is 14.6 Å². The van der Waals surface area contributed by atoms with Gasteiger partial charge in [-0.15, -0.1) is 0 Å². The summed E-state index contributed by atoms with van der Waals surface area (Å²) in [6.45, 7) is 6.12. The lowest BCUT2D eigenvalue weighted by atomic mass is 10.2. The molecule has 0 fully saturated rings. The summed E-state index contributed by atoms with van der Waals surface area (Å²) in [6.07, 6.45) is 3.19. The highest BCUT2D eigenvalue weighted by molar-refractivity contribution is 5.67. The zero-order chi connectivity index (χ0) is 11.7. The Kier molecular flexibility index (Phi) is 7.13. The van der Waals surface area contributed by atoms with E-state index in [0.29, 0.717) is 6.54 Å². The third kappa shape index (κ3) is 11.2. The van der Waals surface area contributed by atoms with Crippen LogP contribution in [0.2, 0.25) is 0 Å². The van der Waals surface area contributed by atoms with Gasteiger partial charge in [0.2, 0.25) is 0 Å². The smallest absolute Gasteiger partial charge is 0.407 e. The SMILES string of the molecule is CC(C)(C)OC(=O)NCCCCCC[O]. The lowest BCUT2D eigenvalue weighted by molar-refractivity contribution is 0.0526. The summed E-state index contributed by atoms with van der Waals surface area (Å²) in [5.74, 6) is 0. The Labute approximate surface area is 92.0 Å². The number of alkyl carbamates (subject to hydrolysis) is 1. The Balaban J connectivity index is 3.32. The van der Waals surface area contributed by atoms with E-state index < -0.39 is 5.60 Å². The van der Waals surface area contributed by atoms with Crippen molar-refractivity contribution in [3.63, 3.8) is 0 Å². The molecular weight excluding hydrogens is 194 g/mol. The van der Waals surface area contributed by atoms with Crippen LogP contribution >= 0.6 is 0 Å². The third-order valence-electron chi connectivity index (χ3n) is 1.74. The van der Waals surface area contributed by atoms with Crippen LogP contribution < -0.4 is 5.32 Å². The first-order valence-electron chi connectivity index (χ1n) is 5.50. The molecule has 4 heteroatoms. The molecule has 0 aromatic heterocycles. The van der Waals surface area contributed by atoms with Crippen LogP contribution in [0.4, 0.5) is 4.79 Å². The van der Waals surface area contributed by atoms with Crippen LogP contribution in [0.25, 0.3) is 0 Å². The highest BCUT2D eigenvalue weighted by Gasteiger charge is 2.15. The summed E-state index contributed by atoms with van der Waals surface area (Å²) in [5, 5.41) is 12.8. The molecule has 0 atom stereocenters. The van der Waals surface area contributed by atoms with Gasteiger partial charge in [0.25, 0.3) is 0 Å². The van der Waals surface area contributed by atoms with Crippen molar-refractivity contribution in [2.75, 3.05) is 13.2 Å². The average Bonchev–Trinajstić information content (AvgIpc) is 2.08. The van der Waals surface area contributed by atoms with Crippen LogP contribution in [-0.2, 0) is 9.84 Å². The Bertz CT molecular complexity index is 175. The van der Waals surface area contributed by atoms with E-state index in [4.69, 9.17) is 4.74 Å². The zero-order valence-electron chi connectivity index (χ0n) is 9.97. The molecule has 0 bridgehead atoms. The number of carbonyl (C=O) groups excluding carboxylic acids is 1. The van der Waals surface area contributed by atoms with E-state index in [2.05, 4.69) is 5.32 Å². The first-order chi connectivity index (χ1) is 6.95. The number of ether oxygens (including phenoxy) is 1. The average molecular weight is 216 g/mol. The minimum absolute atomic E-state index is 0.000502. The second-order valence-electron chi connectivity index (χ2n) is 4.55. The number of amides is 1. The van der Waals surface area contributed by atoms with Crippen molar-refractivity contribution in [1.29, 1.82) is 0 Å². The minimum atomic E-state index is -0.438. The van der Waals surface area contributed by atoms with E-state index in [9.17, 15) is 9.90 Å². The maximum absolute atomic E-state index is 11.2. The lowest BCUT2D eigenvalue weighted by Gasteiger charge is -2.19. The Morgan fingerprint density at radius 3 is 2.27 bits per heavy atom. The van der Waals surface area contributed by atoms with Gasteiger partial charge in [0.15, 0.2) is 0 Å². The summed E-state index contributed by atoms with van der Waals surface area (Å²) in [6, 6.07) is 0. The predicted molar refractivity (Wildman–Crippen MR) is 58.3 cm³/mol. The van der Waals surface area contributed by atoms with Crippen LogP contribution in [0.1, 0.15) is 46.5 Å². The van der Waals surface area contributed by atoms with Crippen LogP contribution in [0.3, 0.4) is 0 Å². The summed E-state index contributed by atoms with van der Waals surface area (Å²) in [5.41, 5.74) is -0.438. The fraction of sp³-hybridized carbons (Fsp3) is 0.909. The summed E-state index contributed by atoms with van der Waals surface area (Å²) in [4.78, 5) is 11.2. The number of unbranched alkanes of at least 4 members (excludes halogenated alkanes) is 3. The van der Waals surface area contributed by atoms with Gasteiger partial charge in [-0.25, -0.2) is 9.90 Å². The van der Waals surface area contributed by atoms with Gasteiger partial charge in [-0.2, -0.15) is 0 Å². The molecule has 1 amide bonds. The highest BCUT2D eigenvalue weighted by atomic mass is 16.6. The first kappa shape index (κ1) is 14.2. The number of rotatable bonds is 6. The molecule has 89 valence electrons. The van der Waals surface area contributed by atoms with Crippen molar-refractivity contribution in [2.24, 2.45) is 0 Å². The Morgan fingerprint density at radius 2 is 1.73 bits per heavy atom. The predicted octanol–water partition coefficient (Wildman–Crippen LogP) is 2.50. The van der Waals surface area contributed by atoms with Crippen molar-refractivity contribution in [1.82, 2.24) is 5.32 Å². The third-order valence-corrected chi connectivity index (χ3v) is 1.74. The monoisotopic (exact) mass is 216 g/mol. The maximum atomic E-state index is 11.2. The molecule has 1 N–H and O–H groups in total. The molecule has 0 saturated heterocycles. The van der Waals surface area contributed by atoms with E-state index >= 15 is 0 Å². The molecule has 0 rings (SSSR count). The maximum Gasteiger partial charge on any atom is 0.407 e. The molecule has 0 aliphatic heterocycles. The lowest BCUT2D eigenvalue weighted by Crippen LogP contribution is -2.32. The van der Waals surface area contributed by atoms with E-state index in [1.54, 1.807) is 0 Å². The van der Waals surface area contributed by atoms with Gasteiger partial charge < -0.3 is 10.1 Å². The summed E-state index contributed by atoms with van der Waals surface area (Å²) in [7, 11) is 0. The van der Waals surface area contributed by atoms with E-state index in [-0.39, 0.29) is 12.7 Å². The first-order valence-corrected chi connectivity index (χ1v) is 5.50. The molecule has 1 radical (unpaired) electrons. The molecule has 0 aliphatic rings. The molecular formula is C11H22NO3. The molecule has 0 unspecified atom stereocenters. The van der Waals surface area contributed by atoms with Gasteiger partial charge in [-0.1, -0.05) is 12.8 Å². The minimum Gasteiger partial charge on any atom is -0.444 e. The van der Waals surface area contributed by atoms with E-state index in [1.807, 2.05) is 20.8 Å². The molecule has 0 aromatic carbocycles. The normalized spacial score (nSPS) is 11.2. The molecule has 0 aliphatic carbocycles. The fourth-order valence-corrected chi connectivity index (χ4v) is 1.09. The molecule has 0 aromatic rings. The number of nitrogens with one attached hydrogen (secondary N) is 1. The molecule has 0 spiro atoms. The molecule has 4 nitrogen and oxygen atoms in total. The standard InChI is InChI=1S/C11H22NO3/c1-11(2,3)15-10(14)12-8-6-4-5-7-9-13/h4-9H2,1-3H3,(H,12,14). The topological polar surface area (TPSA) is 58.2 Å². The van der Waals surface area contributed by atoms with Gasteiger partial charge in [-0.3, -0.25) is 0 Å². The van der Waals surface area contributed by atoms with Crippen molar-refractivity contribution >= 4 is 6.09 Å². The van der Waals surface area contributed by atoms with Crippen molar-refractivity contribution in [3.8, 4) is 0 Å². The van der Waals surface area contributed by atoms with Crippen LogP contribution in [0.15, 0.2) is 0 Å². The number of carbonyl (C=O) groups is 1. The van der Waals surface area contributed by atoms with Gasteiger partial charge in [0.05, 0.1) is 6.61 Å². The van der Waals surface area contributed by atoms with Gasteiger partial charge >= 0.3 is 6.09 Å². The summed E-state index contributed by atoms with van der Waals surface area (Å²) < 4.78 is 5.07. The van der Waals surface area contributed by atoms with Gasteiger partial charge in [0, 0.05) is 6.54 Å². The number of hydrogen-bond acceptors (Lipinski definition) is 2. The number of hydrogen-bond donors (Lipinski definition) is 1. The van der Waals surface area contributed by atoms with Crippen molar-refractivity contribution in [2.45, 2.75) is 52.1 Å². The second-order valence-corrected chi connectivity index (χ2v) is 4.55. The van der Waals surface area contributed by atoms with Crippen LogP contribution in [-0.4, -0.2) is 24.8 Å². The van der Waals surface area contributed by atoms with E-state index in [0.717, 1.165) is 25.7 Å². The van der Waals surface area contributed by atoms with Crippen LogP contribution in [0.5, 0.6) is 0 Å². The van der Waals surface area contributed by atoms with Gasteiger partial charge in [0.1, 0.15) is 5.60 Å². The second kappa shape index (κ2) is 7.51. The fourth-order valence-electron chi connectivity index (χ4n) is 1.09. The molecule has 0 heterocycles. The summed E-state index contributed by atoms with van der Waals surface area (Å²) >= 11 is 0.